The van der Waals surface area contributed by atoms with Gasteiger partial charge in [0.15, 0.2) is 11.5 Å². The molecule has 0 saturated carbocycles. The number of nitrogens with two attached hydrogens (primary N) is 1. The van der Waals surface area contributed by atoms with Crippen molar-refractivity contribution < 1.29 is 45.7 Å². The second-order valence-corrected chi connectivity index (χ2v) is 7.72. The van der Waals surface area contributed by atoms with E-state index in [4.69, 9.17) is 14.6 Å². The Morgan fingerprint density at radius 2 is 1.52 bits per heavy atom. The molecule has 2 rings (SSSR count). The largest absolute Gasteiger partial charge is 0.502 e. The molecule has 0 aliphatic heterocycles. The first-order valence-corrected chi connectivity index (χ1v) is 9.88. The highest BCUT2D eigenvalue weighted by Gasteiger charge is 2.63. The molecular weight excluding hydrogens is 445 g/mol. The lowest BCUT2D eigenvalue weighted by atomic mass is 9.87. The highest BCUT2D eigenvalue weighted by atomic mass is 32.2. The van der Waals surface area contributed by atoms with Crippen LogP contribution in [0, 0.1) is 0 Å². The summed E-state index contributed by atoms with van der Waals surface area (Å²) in [7, 11) is -1.12. The molecule has 0 aliphatic rings. The van der Waals surface area contributed by atoms with Crippen LogP contribution in [0.25, 0.3) is 0 Å². The number of hydrogen-bond donors (Lipinski definition) is 3. The van der Waals surface area contributed by atoms with Crippen molar-refractivity contribution in [2.45, 2.75) is 16.6 Å². The van der Waals surface area contributed by atoms with E-state index in [1.165, 1.54) is 0 Å². The molecule has 2 aromatic rings. The fourth-order valence-corrected chi connectivity index (χ4v) is 3.31. The van der Waals surface area contributed by atoms with Crippen LogP contribution in [-0.4, -0.2) is 47.0 Å². The molecule has 170 valence electrons. The van der Waals surface area contributed by atoms with Gasteiger partial charge >= 0.3 is 12.1 Å². The van der Waals surface area contributed by atoms with Crippen molar-refractivity contribution in [3.63, 3.8) is 0 Å². The number of anilines is 1. The van der Waals surface area contributed by atoms with E-state index >= 15 is 0 Å². The number of benzene rings is 2. The Kier molecular flexibility index (Phi) is 6.61. The highest BCUT2D eigenvalue weighted by Crippen LogP contribution is 2.47. The number of halogens is 3. The Labute approximate surface area is 175 Å². The Morgan fingerprint density at radius 1 is 1.03 bits per heavy atom. The normalized spacial score (nSPS) is 13.8. The molecule has 0 fully saturated rings. The van der Waals surface area contributed by atoms with E-state index in [9.17, 15) is 31.5 Å². The van der Waals surface area contributed by atoms with E-state index in [0.29, 0.717) is 0 Å². The topological polar surface area (TPSA) is 137 Å². The number of carbonyl (C=O) groups excluding carboxylic acids is 1. The van der Waals surface area contributed by atoms with E-state index in [-0.39, 0.29) is 10.6 Å². The van der Waals surface area contributed by atoms with Crippen molar-refractivity contribution in [1.82, 2.24) is 0 Å². The summed E-state index contributed by atoms with van der Waals surface area (Å²) in [6.07, 6.45) is -5.27. The van der Waals surface area contributed by atoms with E-state index in [1.54, 1.807) is 0 Å². The zero-order valence-electron chi connectivity index (χ0n) is 16.5. The van der Waals surface area contributed by atoms with E-state index < -0.39 is 50.5 Å². The molecule has 0 bridgehead atoms. The lowest BCUT2D eigenvalue weighted by molar-refractivity contribution is -0.201. The van der Waals surface area contributed by atoms with E-state index in [2.05, 4.69) is 10.1 Å². The molecule has 31 heavy (non-hydrogen) atoms. The molecular formula is C18H19F3N2O7S. The standard InChI is InChI=1S/C18H19F3N2O7S/c1-28-13-8-10(9-14(29-2)15(13)24)17(16(25)30-3,18(19,20)21)23-11-4-6-12(7-5-11)31(22,26)27/h4-9,23-24H,1-3H3,(H2,22,26,27)/t17-/m0/s1. The summed E-state index contributed by atoms with van der Waals surface area (Å²) in [5.41, 5.74) is -4.46. The summed E-state index contributed by atoms with van der Waals surface area (Å²) in [5.74, 6) is -3.09. The smallest absolute Gasteiger partial charge is 0.426 e. The molecule has 0 unspecified atom stereocenters. The zero-order chi connectivity index (χ0) is 23.6. The fourth-order valence-electron chi connectivity index (χ4n) is 2.80. The fraction of sp³-hybridized carbons (Fsp3) is 0.278. The van der Waals surface area contributed by atoms with E-state index in [1.807, 2.05) is 0 Å². The quantitative estimate of drug-likeness (QED) is 0.530. The van der Waals surface area contributed by atoms with E-state index in [0.717, 1.165) is 57.7 Å². The van der Waals surface area contributed by atoms with Crippen LogP contribution in [0.2, 0.25) is 0 Å². The molecule has 0 aliphatic carbocycles. The average Bonchev–Trinajstić information content (AvgIpc) is 2.70. The van der Waals surface area contributed by atoms with Gasteiger partial charge in [0.05, 0.1) is 26.2 Å². The van der Waals surface area contributed by atoms with Gasteiger partial charge in [-0.15, -0.1) is 0 Å². The third kappa shape index (κ3) is 4.46. The predicted molar refractivity (Wildman–Crippen MR) is 102 cm³/mol. The Balaban J connectivity index is 2.78. The van der Waals surface area contributed by atoms with Gasteiger partial charge in [-0.1, -0.05) is 0 Å². The van der Waals surface area contributed by atoms with Crippen molar-refractivity contribution in [3.8, 4) is 17.2 Å². The van der Waals surface area contributed by atoms with Gasteiger partial charge in [0.25, 0.3) is 5.54 Å². The number of alkyl halides is 3. The molecule has 0 saturated heterocycles. The van der Waals surface area contributed by atoms with Crippen LogP contribution in [0.15, 0.2) is 41.3 Å². The minimum Gasteiger partial charge on any atom is -0.502 e. The third-order valence-electron chi connectivity index (χ3n) is 4.34. The number of primary sulfonamides is 1. The summed E-state index contributed by atoms with van der Waals surface area (Å²) in [5, 5.41) is 17.1. The number of aromatic hydroxyl groups is 1. The van der Waals surface area contributed by atoms with Gasteiger partial charge in [-0.3, -0.25) is 0 Å². The van der Waals surface area contributed by atoms with Crippen molar-refractivity contribution in [3.05, 3.63) is 42.0 Å². The van der Waals surface area contributed by atoms with Gasteiger partial charge in [-0.2, -0.15) is 13.2 Å². The van der Waals surface area contributed by atoms with Crippen LogP contribution in [0.4, 0.5) is 18.9 Å². The van der Waals surface area contributed by atoms with Crippen molar-refractivity contribution in [2.75, 3.05) is 26.6 Å². The van der Waals surface area contributed by atoms with Gasteiger partial charge in [-0.05, 0) is 36.4 Å². The molecule has 9 nitrogen and oxygen atoms in total. The number of esters is 1. The first kappa shape index (κ1) is 24.1. The number of nitrogens with one attached hydrogen (secondary N) is 1. The maximum atomic E-state index is 14.4. The molecule has 0 spiro atoms. The van der Waals surface area contributed by atoms with Crippen LogP contribution >= 0.6 is 0 Å². The number of carbonyl (C=O) groups is 1. The lowest BCUT2D eigenvalue weighted by Crippen LogP contribution is -2.55. The van der Waals surface area contributed by atoms with Crippen LogP contribution in [0.3, 0.4) is 0 Å². The first-order chi connectivity index (χ1) is 14.3. The summed E-state index contributed by atoms with van der Waals surface area (Å²) in [4.78, 5) is 12.2. The van der Waals surface area contributed by atoms with Gasteiger partial charge in [0.1, 0.15) is 0 Å². The number of rotatable bonds is 7. The number of phenols is 1. The molecule has 0 radical (unpaired) electrons. The molecule has 0 amide bonds. The predicted octanol–water partition coefficient (Wildman–Crippen LogP) is 2.10. The Bertz CT molecular complexity index is 1050. The zero-order valence-corrected chi connectivity index (χ0v) is 17.3. The number of sulfonamides is 1. The molecule has 0 aromatic heterocycles. The number of phenolic OH excluding ortho intramolecular Hbond substituents is 1. The Morgan fingerprint density at radius 3 is 1.87 bits per heavy atom. The highest BCUT2D eigenvalue weighted by molar-refractivity contribution is 7.89. The van der Waals surface area contributed by atoms with Crippen LogP contribution in [-0.2, 0) is 25.1 Å². The van der Waals surface area contributed by atoms with Gasteiger partial charge < -0.3 is 24.6 Å². The maximum Gasteiger partial charge on any atom is 0.426 e. The van der Waals surface area contributed by atoms with Crippen LogP contribution in [0.5, 0.6) is 17.2 Å². The summed E-state index contributed by atoms with van der Waals surface area (Å²) < 4.78 is 80.2. The van der Waals surface area contributed by atoms with Gasteiger partial charge in [0.2, 0.25) is 15.8 Å². The summed E-state index contributed by atoms with van der Waals surface area (Å²) in [6.45, 7) is 0. The molecule has 0 heterocycles. The maximum absolute atomic E-state index is 14.4. The minimum absolute atomic E-state index is 0.277. The minimum atomic E-state index is -5.27. The molecule has 2 aromatic carbocycles. The first-order valence-electron chi connectivity index (χ1n) is 8.33. The number of methoxy groups -OCH3 is 3. The SMILES string of the molecule is COC(=O)[C@@](Nc1ccc(S(N)(=O)=O)cc1)(c1cc(OC)c(O)c(OC)c1)C(F)(F)F. The summed E-state index contributed by atoms with van der Waals surface area (Å²) >= 11 is 0. The molecule has 13 heteroatoms. The second kappa shape index (κ2) is 8.51. The van der Waals surface area contributed by atoms with Gasteiger partial charge in [0, 0.05) is 11.3 Å². The second-order valence-electron chi connectivity index (χ2n) is 6.16. The number of ether oxygens (including phenoxy) is 3. The average molecular weight is 464 g/mol. The monoisotopic (exact) mass is 464 g/mol. The molecule has 4 N–H and O–H groups in total. The van der Waals surface area contributed by atoms with Crippen LogP contribution in [0.1, 0.15) is 5.56 Å². The third-order valence-corrected chi connectivity index (χ3v) is 5.27. The lowest BCUT2D eigenvalue weighted by Gasteiger charge is -2.35. The van der Waals surface area contributed by atoms with Crippen molar-refractivity contribution in [2.24, 2.45) is 5.14 Å². The summed E-state index contributed by atoms with van der Waals surface area (Å²) in [6, 6.07) is 5.53. The van der Waals surface area contributed by atoms with Gasteiger partial charge in [-0.25, -0.2) is 18.4 Å². The Hall–Kier alpha value is -3.19. The molecule has 1 atom stereocenters. The number of hydrogen-bond acceptors (Lipinski definition) is 8. The van der Waals surface area contributed by atoms with Crippen molar-refractivity contribution in [1.29, 1.82) is 0 Å². The van der Waals surface area contributed by atoms with Crippen LogP contribution < -0.4 is 19.9 Å². The van der Waals surface area contributed by atoms with Crippen molar-refractivity contribution >= 4 is 21.7 Å².